The summed E-state index contributed by atoms with van der Waals surface area (Å²) in [5.74, 6) is 0.873. The molecule has 2 aromatic heterocycles. The molecule has 0 fully saturated rings. The van der Waals surface area contributed by atoms with E-state index < -0.39 is 0 Å². The van der Waals surface area contributed by atoms with Gasteiger partial charge in [-0.3, -0.25) is 9.67 Å². The van der Waals surface area contributed by atoms with Gasteiger partial charge in [-0.25, -0.2) is 4.98 Å². The van der Waals surface area contributed by atoms with Crippen molar-refractivity contribution in [3.63, 3.8) is 0 Å². The van der Waals surface area contributed by atoms with Crippen LogP contribution < -0.4 is 4.90 Å². The predicted molar refractivity (Wildman–Crippen MR) is 78.0 cm³/mol. The number of nitrogens with zero attached hydrogens (tertiary/aromatic N) is 4. The number of hydrogen-bond acceptors (Lipinski definition) is 5. The first-order valence-electron chi connectivity index (χ1n) is 5.73. The molecule has 0 aliphatic heterocycles. The maximum atomic E-state index is 5.27. The van der Waals surface area contributed by atoms with E-state index in [4.69, 9.17) is 12.2 Å². The van der Waals surface area contributed by atoms with Crippen LogP contribution in [0.15, 0.2) is 0 Å². The lowest BCUT2D eigenvalue weighted by atomic mass is 10.3. The van der Waals surface area contributed by atoms with Crippen LogP contribution in [-0.4, -0.2) is 33.8 Å². The monoisotopic (exact) mass is 283 g/mol. The van der Waals surface area contributed by atoms with Crippen molar-refractivity contribution in [3.05, 3.63) is 10.5 Å². The van der Waals surface area contributed by atoms with Crippen molar-refractivity contribution in [1.29, 1.82) is 0 Å². The van der Waals surface area contributed by atoms with Gasteiger partial charge in [0.05, 0.1) is 10.6 Å². The quantitative estimate of drug-likeness (QED) is 0.880. The molecule has 0 saturated heterocycles. The Morgan fingerprint density at radius 1 is 1.39 bits per heavy atom. The SMILES string of the molecule is Cc1nc(N(C)C)sc1-c1n[nH]c(=S)n1C(C)C. The number of anilines is 1. The molecule has 7 heteroatoms. The van der Waals surface area contributed by atoms with E-state index >= 15 is 0 Å². The Morgan fingerprint density at radius 3 is 2.56 bits per heavy atom. The van der Waals surface area contributed by atoms with Crippen molar-refractivity contribution in [2.45, 2.75) is 26.8 Å². The zero-order chi connectivity index (χ0) is 13.4. The molecule has 18 heavy (non-hydrogen) atoms. The minimum Gasteiger partial charge on any atom is -0.354 e. The van der Waals surface area contributed by atoms with Crippen LogP contribution in [0.1, 0.15) is 25.6 Å². The first kappa shape index (κ1) is 13.2. The zero-order valence-corrected chi connectivity index (χ0v) is 12.8. The summed E-state index contributed by atoms with van der Waals surface area (Å²) in [5, 5.41) is 8.18. The molecule has 0 aromatic carbocycles. The summed E-state index contributed by atoms with van der Waals surface area (Å²) in [6.07, 6.45) is 0. The van der Waals surface area contributed by atoms with E-state index in [2.05, 4.69) is 29.0 Å². The maximum Gasteiger partial charge on any atom is 0.195 e. The average molecular weight is 283 g/mol. The fourth-order valence-corrected chi connectivity index (χ4v) is 3.04. The number of aromatic amines is 1. The van der Waals surface area contributed by atoms with Crippen LogP contribution in [0.5, 0.6) is 0 Å². The zero-order valence-electron chi connectivity index (χ0n) is 11.2. The van der Waals surface area contributed by atoms with Gasteiger partial charge in [0.2, 0.25) is 0 Å². The lowest BCUT2D eigenvalue weighted by molar-refractivity contribution is 0.597. The second kappa shape index (κ2) is 4.81. The number of nitrogens with one attached hydrogen (secondary N) is 1. The van der Waals surface area contributed by atoms with E-state index in [1.807, 2.05) is 30.5 Å². The molecule has 0 aliphatic carbocycles. The van der Waals surface area contributed by atoms with Crippen LogP contribution in [0.4, 0.5) is 5.13 Å². The summed E-state index contributed by atoms with van der Waals surface area (Å²) in [4.78, 5) is 7.61. The molecular formula is C11H17N5S2. The minimum absolute atomic E-state index is 0.274. The molecular weight excluding hydrogens is 266 g/mol. The van der Waals surface area contributed by atoms with Gasteiger partial charge in [0, 0.05) is 20.1 Å². The van der Waals surface area contributed by atoms with Crippen LogP contribution in [0.2, 0.25) is 0 Å². The van der Waals surface area contributed by atoms with Gasteiger partial charge < -0.3 is 4.90 Å². The fraction of sp³-hybridized carbons (Fsp3) is 0.545. The topological polar surface area (TPSA) is 49.7 Å². The third kappa shape index (κ3) is 2.20. The molecule has 2 heterocycles. The molecule has 98 valence electrons. The highest BCUT2D eigenvalue weighted by molar-refractivity contribution is 7.71. The Labute approximate surface area is 115 Å². The lowest BCUT2D eigenvalue weighted by Gasteiger charge is -2.09. The lowest BCUT2D eigenvalue weighted by Crippen LogP contribution is -2.07. The van der Waals surface area contributed by atoms with E-state index in [0.717, 1.165) is 21.5 Å². The number of thiazole rings is 1. The Kier molecular flexibility index (Phi) is 3.54. The molecule has 0 radical (unpaired) electrons. The van der Waals surface area contributed by atoms with E-state index in [0.29, 0.717) is 4.77 Å². The van der Waals surface area contributed by atoms with Gasteiger partial charge in [-0.15, -0.1) is 0 Å². The van der Waals surface area contributed by atoms with Gasteiger partial charge in [0.1, 0.15) is 0 Å². The molecule has 1 N–H and O–H groups in total. The highest BCUT2D eigenvalue weighted by Gasteiger charge is 2.18. The van der Waals surface area contributed by atoms with E-state index in [-0.39, 0.29) is 6.04 Å². The number of aromatic nitrogens is 4. The molecule has 2 aromatic rings. The van der Waals surface area contributed by atoms with Crippen molar-refractivity contribution >= 4 is 28.7 Å². The standard InChI is InChI=1S/C11H17N5S2/c1-6(2)16-9(13-14-10(16)17)8-7(3)12-11(18-8)15(4)5/h6H,1-5H3,(H,14,17). The first-order valence-corrected chi connectivity index (χ1v) is 6.96. The van der Waals surface area contributed by atoms with Crippen molar-refractivity contribution < 1.29 is 0 Å². The summed E-state index contributed by atoms with van der Waals surface area (Å²) in [7, 11) is 3.98. The molecule has 0 spiro atoms. The summed E-state index contributed by atoms with van der Waals surface area (Å²) in [6, 6.07) is 0.274. The summed E-state index contributed by atoms with van der Waals surface area (Å²) in [5.41, 5.74) is 0.986. The number of H-pyrrole nitrogens is 1. The maximum absolute atomic E-state index is 5.27. The van der Waals surface area contributed by atoms with Gasteiger partial charge in [0.15, 0.2) is 15.7 Å². The van der Waals surface area contributed by atoms with Crippen LogP contribution in [0.3, 0.4) is 0 Å². The molecule has 0 atom stereocenters. The van der Waals surface area contributed by atoms with Gasteiger partial charge >= 0.3 is 0 Å². The number of hydrogen-bond donors (Lipinski definition) is 1. The smallest absolute Gasteiger partial charge is 0.195 e. The second-order valence-electron chi connectivity index (χ2n) is 4.62. The highest BCUT2D eigenvalue weighted by Crippen LogP contribution is 2.33. The van der Waals surface area contributed by atoms with Gasteiger partial charge in [-0.05, 0) is 33.0 Å². The molecule has 2 rings (SSSR count). The Hall–Kier alpha value is -1.21. The van der Waals surface area contributed by atoms with Crippen molar-refractivity contribution in [1.82, 2.24) is 19.7 Å². The third-order valence-electron chi connectivity index (χ3n) is 2.59. The van der Waals surface area contributed by atoms with Crippen molar-refractivity contribution in [3.8, 4) is 10.7 Å². The van der Waals surface area contributed by atoms with Gasteiger partial charge in [0.25, 0.3) is 0 Å². The van der Waals surface area contributed by atoms with Gasteiger partial charge in [-0.2, -0.15) is 5.10 Å². The van der Waals surface area contributed by atoms with E-state index in [1.165, 1.54) is 0 Å². The summed E-state index contributed by atoms with van der Waals surface area (Å²) < 4.78 is 2.68. The molecule has 0 saturated carbocycles. The normalized spacial score (nSPS) is 11.2. The van der Waals surface area contributed by atoms with E-state index in [9.17, 15) is 0 Å². The Morgan fingerprint density at radius 2 is 2.06 bits per heavy atom. The second-order valence-corrected chi connectivity index (χ2v) is 5.99. The predicted octanol–water partition coefficient (Wildman–Crippen LogP) is 3.02. The minimum atomic E-state index is 0.274. The van der Waals surface area contributed by atoms with E-state index in [1.54, 1.807) is 11.3 Å². The van der Waals surface area contributed by atoms with Crippen LogP contribution >= 0.6 is 23.6 Å². The first-order chi connectivity index (χ1) is 8.41. The molecule has 0 bridgehead atoms. The Balaban J connectivity index is 2.59. The van der Waals surface area contributed by atoms with Gasteiger partial charge in [-0.1, -0.05) is 11.3 Å². The molecule has 5 nitrogen and oxygen atoms in total. The highest BCUT2D eigenvalue weighted by atomic mass is 32.1. The van der Waals surface area contributed by atoms with Crippen molar-refractivity contribution in [2.75, 3.05) is 19.0 Å². The largest absolute Gasteiger partial charge is 0.354 e. The molecule has 0 amide bonds. The average Bonchev–Trinajstić information content (AvgIpc) is 2.81. The molecule has 0 aliphatic rings. The van der Waals surface area contributed by atoms with Crippen LogP contribution in [-0.2, 0) is 0 Å². The number of rotatable bonds is 3. The third-order valence-corrected chi connectivity index (χ3v) is 4.20. The fourth-order valence-electron chi connectivity index (χ4n) is 1.72. The van der Waals surface area contributed by atoms with Crippen LogP contribution in [0, 0.1) is 11.7 Å². The van der Waals surface area contributed by atoms with Crippen molar-refractivity contribution in [2.24, 2.45) is 0 Å². The Bertz CT molecular complexity index is 605. The van der Waals surface area contributed by atoms with Crippen LogP contribution in [0.25, 0.3) is 10.7 Å². The summed E-state index contributed by atoms with van der Waals surface area (Å²) >= 11 is 6.90. The number of aryl methyl sites for hydroxylation is 1. The summed E-state index contributed by atoms with van der Waals surface area (Å²) in [6.45, 7) is 6.19. The molecule has 0 unspecified atom stereocenters.